The first-order valence-corrected chi connectivity index (χ1v) is 6.33. The highest BCUT2D eigenvalue weighted by Gasteiger charge is 2.07. The minimum atomic E-state index is -0.319. The highest BCUT2D eigenvalue weighted by molar-refractivity contribution is 5.93. The molecule has 1 aromatic carbocycles. The number of hydrogen-bond donors (Lipinski definition) is 2. The van der Waals surface area contributed by atoms with Gasteiger partial charge in [-0.1, -0.05) is 12.1 Å². The van der Waals surface area contributed by atoms with Gasteiger partial charge < -0.3 is 10.3 Å². The van der Waals surface area contributed by atoms with Crippen LogP contribution in [0.2, 0.25) is 0 Å². The molecule has 2 N–H and O–H groups in total. The molecular formula is C15H11N5O. The Morgan fingerprint density at radius 1 is 1.24 bits per heavy atom. The minimum absolute atomic E-state index is 0.155. The van der Waals surface area contributed by atoms with E-state index in [9.17, 15) is 4.79 Å². The van der Waals surface area contributed by atoms with Crippen LogP contribution in [0.3, 0.4) is 0 Å². The summed E-state index contributed by atoms with van der Waals surface area (Å²) in [5.41, 5.74) is 3.20. The zero-order valence-corrected chi connectivity index (χ0v) is 11.0. The van der Waals surface area contributed by atoms with E-state index in [-0.39, 0.29) is 12.3 Å². The van der Waals surface area contributed by atoms with Crippen molar-refractivity contribution in [2.75, 3.05) is 5.32 Å². The summed E-state index contributed by atoms with van der Waals surface area (Å²) in [6, 6.07) is 11.0. The summed E-state index contributed by atoms with van der Waals surface area (Å²) in [5, 5.41) is 12.1. The number of anilines is 1. The standard InChI is InChI=1S/C15H11N5O/c16-7-5-13(21)20-11-3-1-10(2-4-11)14-12-6-8-17-15(12)19-9-18-14/h1-4,6,8-9H,5H2,(H,20,21)(H,17,18,19). The number of aromatic amines is 1. The van der Waals surface area contributed by atoms with E-state index in [1.165, 1.54) is 6.33 Å². The van der Waals surface area contributed by atoms with Crippen LogP contribution in [0.5, 0.6) is 0 Å². The van der Waals surface area contributed by atoms with Crippen LogP contribution in [0.1, 0.15) is 6.42 Å². The van der Waals surface area contributed by atoms with Crippen LogP contribution in [0, 0.1) is 11.3 Å². The number of rotatable bonds is 3. The third-order valence-electron chi connectivity index (χ3n) is 3.04. The minimum Gasteiger partial charge on any atom is -0.346 e. The molecule has 0 spiro atoms. The molecule has 3 rings (SSSR count). The molecule has 0 aliphatic rings. The monoisotopic (exact) mass is 277 g/mol. The number of hydrogen-bond acceptors (Lipinski definition) is 4. The molecule has 3 aromatic rings. The summed E-state index contributed by atoms with van der Waals surface area (Å²) >= 11 is 0. The van der Waals surface area contributed by atoms with Gasteiger partial charge in [-0.3, -0.25) is 4.79 Å². The summed E-state index contributed by atoms with van der Waals surface area (Å²) in [6.07, 6.45) is 3.17. The van der Waals surface area contributed by atoms with Gasteiger partial charge in [0.05, 0.1) is 11.8 Å². The Balaban J connectivity index is 1.89. The van der Waals surface area contributed by atoms with Crippen molar-refractivity contribution in [1.82, 2.24) is 15.0 Å². The Bertz CT molecular complexity index is 829. The van der Waals surface area contributed by atoms with E-state index in [0.717, 1.165) is 22.3 Å². The van der Waals surface area contributed by atoms with Gasteiger partial charge in [-0.15, -0.1) is 0 Å². The SMILES string of the molecule is N#CCC(=O)Nc1ccc(-c2ncnc3[nH]ccc23)cc1. The molecule has 2 heterocycles. The largest absolute Gasteiger partial charge is 0.346 e. The lowest BCUT2D eigenvalue weighted by molar-refractivity contribution is -0.115. The fraction of sp³-hybridized carbons (Fsp3) is 0.0667. The van der Waals surface area contributed by atoms with E-state index in [4.69, 9.17) is 5.26 Å². The third kappa shape index (κ3) is 2.58. The maximum absolute atomic E-state index is 11.3. The number of H-pyrrole nitrogens is 1. The third-order valence-corrected chi connectivity index (χ3v) is 3.04. The highest BCUT2D eigenvalue weighted by Crippen LogP contribution is 2.25. The number of fused-ring (bicyclic) bond motifs is 1. The lowest BCUT2D eigenvalue weighted by Gasteiger charge is -2.05. The average molecular weight is 277 g/mol. The van der Waals surface area contributed by atoms with Crippen LogP contribution >= 0.6 is 0 Å². The molecule has 0 atom stereocenters. The fourth-order valence-corrected chi connectivity index (χ4v) is 2.09. The van der Waals surface area contributed by atoms with Crippen molar-refractivity contribution in [1.29, 1.82) is 5.26 Å². The first-order valence-electron chi connectivity index (χ1n) is 6.33. The normalized spacial score (nSPS) is 10.2. The number of nitrogens with zero attached hydrogens (tertiary/aromatic N) is 3. The number of nitriles is 1. The van der Waals surface area contributed by atoms with E-state index in [1.54, 1.807) is 12.1 Å². The van der Waals surface area contributed by atoms with Gasteiger partial charge in [0.25, 0.3) is 0 Å². The average Bonchev–Trinajstić information content (AvgIpc) is 2.97. The number of carbonyl (C=O) groups excluding carboxylic acids is 1. The van der Waals surface area contributed by atoms with Crippen LogP contribution in [0.15, 0.2) is 42.9 Å². The van der Waals surface area contributed by atoms with Crippen molar-refractivity contribution in [3.63, 3.8) is 0 Å². The van der Waals surface area contributed by atoms with Gasteiger partial charge in [-0.25, -0.2) is 9.97 Å². The fourth-order valence-electron chi connectivity index (χ4n) is 2.09. The van der Waals surface area contributed by atoms with E-state index in [1.807, 2.05) is 30.5 Å². The number of aromatic nitrogens is 3. The van der Waals surface area contributed by atoms with Crippen LogP contribution in [-0.4, -0.2) is 20.9 Å². The summed E-state index contributed by atoms with van der Waals surface area (Å²) in [5.74, 6) is -0.319. The summed E-state index contributed by atoms with van der Waals surface area (Å²) in [4.78, 5) is 22.8. The first-order chi connectivity index (χ1) is 10.3. The van der Waals surface area contributed by atoms with Gasteiger partial charge in [-0.2, -0.15) is 5.26 Å². The van der Waals surface area contributed by atoms with Gasteiger partial charge in [0.1, 0.15) is 18.4 Å². The molecule has 0 radical (unpaired) electrons. The second kappa shape index (κ2) is 5.43. The predicted octanol–water partition coefficient (Wildman–Crippen LogP) is 2.48. The zero-order valence-electron chi connectivity index (χ0n) is 11.0. The molecule has 21 heavy (non-hydrogen) atoms. The molecular weight excluding hydrogens is 266 g/mol. The quantitative estimate of drug-likeness (QED) is 0.768. The number of benzene rings is 1. The van der Waals surface area contributed by atoms with Crippen LogP contribution in [-0.2, 0) is 4.79 Å². The van der Waals surface area contributed by atoms with Crippen LogP contribution in [0.25, 0.3) is 22.3 Å². The molecule has 6 nitrogen and oxygen atoms in total. The van der Waals surface area contributed by atoms with E-state index in [2.05, 4.69) is 20.3 Å². The second-order valence-corrected chi connectivity index (χ2v) is 4.42. The van der Waals surface area contributed by atoms with E-state index < -0.39 is 0 Å². The number of amides is 1. The Kier molecular flexibility index (Phi) is 3.31. The predicted molar refractivity (Wildman–Crippen MR) is 78.2 cm³/mol. The van der Waals surface area contributed by atoms with Crippen molar-refractivity contribution in [2.24, 2.45) is 0 Å². The van der Waals surface area contributed by atoms with Gasteiger partial charge in [0, 0.05) is 22.8 Å². The highest BCUT2D eigenvalue weighted by atomic mass is 16.1. The zero-order chi connectivity index (χ0) is 14.7. The summed E-state index contributed by atoms with van der Waals surface area (Å²) in [6.45, 7) is 0. The number of carbonyl (C=O) groups is 1. The maximum atomic E-state index is 11.3. The smallest absolute Gasteiger partial charge is 0.238 e. The topological polar surface area (TPSA) is 94.5 Å². The molecule has 102 valence electrons. The van der Waals surface area contributed by atoms with E-state index in [0.29, 0.717) is 5.69 Å². The lowest BCUT2D eigenvalue weighted by atomic mass is 10.1. The van der Waals surface area contributed by atoms with Crippen molar-refractivity contribution in [2.45, 2.75) is 6.42 Å². The Morgan fingerprint density at radius 3 is 2.81 bits per heavy atom. The molecule has 0 aliphatic carbocycles. The van der Waals surface area contributed by atoms with Gasteiger partial charge in [-0.05, 0) is 18.2 Å². The summed E-state index contributed by atoms with van der Waals surface area (Å²) in [7, 11) is 0. The Hall–Kier alpha value is -3.20. The van der Waals surface area contributed by atoms with Crippen LogP contribution in [0.4, 0.5) is 5.69 Å². The Labute approximate surface area is 120 Å². The number of nitrogens with one attached hydrogen (secondary N) is 2. The molecule has 2 aromatic heterocycles. The van der Waals surface area contributed by atoms with Gasteiger partial charge in [0.2, 0.25) is 5.91 Å². The molecule has 0 saturated carbocycles. The van der Waals surface area contributed by atoms with Crippen molar-refractivity contribution in [3.05, 3.63) is 42.9 Å². The molecule has 6 heteroatoms. The van der Waals surface area contributed by atoms with Crippen molar-refractivity contribution in [3.8, 4) is 17.3 Å². The molecule has 0 bridgehead atoms. The molecule has 0 fully saturated rings. The van der Waals surface area contributed by atoms with Crippen LogP contribution < -0.4 is 5.32 Å². The van der Waals surface area contributed by atoms with Gasteiger partial charge >= 0.3 is 0 Å². The van der Waals surface area contributed by atoms with Crippen molar-refractivity contribution < 1.29 is 4.79 Å². The second-order valence-electron chi connectivity index (χ2n) is 4.42. The van der Waals surface area contributed by atoms with Crippen molar-refractivity contribution >= 4 is 22.6 Å². The lowest BCUT2D eigenvalue weighted by Crippen LogP contribution is -2.09. The molecule has 0 unspecified atom stereocenters. The van der Waals surface area contributed by atoms with E-state index >= 15 is 0 Å². The summed E-state index contributed by atoms with van der Waals surface area (Å²) < 4.78 is 0. The first kappa shape index (κ1) is 12.8. The molecule has 1 amide bonds. The van der Waals surface area contributed by atoms with Gasteiger partial charge in [0.15, 0.2) is 0 Å². The Morgan fingerprint density at radius 2 is 2.05 bits per heavy atom. The molecule has 0 saturated heterocycles. The molecule has 0 aliphatic heterocycles. The maximum Gasteiger partial charge on any atom is 0.238 e.